The Morgan fingerprint density at radius 3 is 2.57 bits per heavy atom. The van der Waals surface area contributed by atoms with Crippen molar-refractivity contribution in [1.82, 2.24) is 0 Å². The number of hydrogen-bond acceptors (Lipinski definition) is 5. The van der Waals surface area contributed by atoms with Gasteiger partial charge in [-0.05, 0) is 43.0 Å². The molecule has 3 aromatic rings. The van der Waals surface area contributed by atoms with E-state index < -0.39 is 12.1 Å². The van der Waals surface area contributed by atoms with Crippen molar-refractivity contribution in [2.75, 3.05) is 7.11 Å². The fraction of sp³-hybridized carbons (Fsp3) is 0.304. The molecule has 3 rings (SSSR count). The van der Waals surface area contributed by atoms with Crippen LogP contribution in [0.5, 0.6) is 5.75 Å². The highest BCUT2D eigenvalue weighted by Crippen LogP contribution is 2.34. The van der Waals surface area contributed by atoms with Gasteiger partial charge in [-0.3, -0.25) is 0 Å². The molecule has 2 aromatic carbocycles. The smallest absolute Gasteiger partial charge is 0.351 e. The summed E-state index contributed by atoms with van der Waals surface area (Å²) in [5.41, 5.74) is 2.50. The molecule has 0 radical (unpaired) electrons. The molecule has 0 bridgehead atoms. The summed E-state index contributed by atoms with van der Waals surface area (Å²) in [5, 5.41) is 0.725. The first-order valence-corrected chi connectivity index (χ1v) is 9.40. The summed E-state index contributed by atoms with van der Waals surface area (Å²) in [7, 11) is 1.34. The minimum Gasteiger partial charge on any atom is -0.473 e. The molecule has 0 amide bonds. The van der Waals surface area contributed by atoms with Crippen LogP contribution in [0, 0.1) is 6.92 Å². The highest BCUT2D eigenvalue weighted by molar-refractivity contribution is 5.88. The van der Waals surface area contributed by atoms with Crippen molar-refractivity contribution in [1.29, 1.82) is 0 Å². The van der Waals surface area contributed by atoms with Crippen LogP contribution in [0.15, 0.2) is 57.7 Å². The highest BCUT2D eigenvalue weighted by Gasteiger charge is 2.25. The van der Waals surface area contributed by atoms with Gasteiger partial charge >= 0.3 is 11.6 Å². The van der Waals surface area contributed by atoms with Crippen molar-refractivity contribution in [2.45, 2.75) is 39.2 Å². The van der Waals surface area contributed by atoms with Gasteiger partial charge in [0, 0.05) is 11.6 Å². The molecule has 1 aromatic heterocycles. The predicted octanol–water partition coefficient (Wildman–Crippen LogP) is 4.74. The van der Waals surface area contributed by atoms with Crippen molar-refractivity contribution < 1.29 is 18.7 Å². The van der Waals surface area contributed by atoms with E-state index in [1.807, 2.05) is 49.4 Å². The topological polar surface area (TPSA) is 65.7 Å². The van der Waals surface area contributed by atoms with Crippen molar-refractivity contribution >= 4 is 16.9 Å². The summed E-state index contributed by atoms with van der Waals surface area (Å²) in [6.07, 6.45) is 1.75. The Morgan fingerprint density at radius 2 is 1.89 bits per heavy atom. The SMILES string of the molecule is CCCCc1cc(=O)oc2cc(C)cc(OC(C(=O)OC)c3ccccc3)c12. The van der Waals surface area contributed by atoms with Crippen molar-refractivity contribution in [3.8, 4) is 5.75 Å². The second-order valence-electron chi connectivity index (χ2n) is 6.76. The maximum absolute atomic E-state index is 12.4. The van der Waals surface area contributed by atoms with Crippen LogP contribution >= 0.6 is 0 Å². The lowest BCUT2D eigenvalue weighted by molar-refractivity contribution is -0.149. The molecule has 0 aliphatic carbocycles. The van der Waals surface area contributed by atoms with Gasteiger partial charge in [-0.1, -0.05) is 43.7 Å². The molecule has 1 heterocycles. The Kier molecular flexibility index (Phi) is 6.14. The molecule has 1 atom stereocenters. The van der Waals surface area contributed by atoms with Crippen LogP contribution in [0.1, 0.15) is 42.6 Å². The average molecular weight is 380 g/mol. The van der Waals surface area contributed by atoms with E-state index in [-0.39, 0.29) is 5.63 Å². The van der Waals surface area contributed by atoms with Crippen LogP contribution in [0.3, 0.4) is 0 Å². The molecular formula is C23H24O5. The van der Waals surface area contributed by atoms with Gasteiger partial charge in [0.2, 0.25) is 6.10 Å². The average Bonchev–Trinajstić information content (AvgIpc) is 2.69. The molecule has 0 aliphatic rings. The second-order valence-corrected chi connectivity index (χ2v) is 6.76. The molecule has 5 nitrogen and oxygen atoms in total. The number of aryl methyl sites for hydroxylation is 2. The third-order valence-corrected chi connectivity index (χ3v) is 4.60. The van der Waals surface area contributed by atoms with Gasteiger partial charge in [-0.25, -0.2) is 9.59 Å². The number of carbonyl (C=O) groups excluding carboxylic acids is 1. The third-order valence-electron chi connectivity index (χ3n) is 4.60. The summed E-state index contributed by atoms with van der Waals surface area (Å²) in [6, 6.07) is 14.4. The van der Waals surface area contributed by atoms with E-state index in [9.17, 15) is 9.59 Å². The Morgan fingerprint density at radius 1 is 1.14 bits per heavy atom. The molecule has 0 spiro atoms. The maximum atomic E-state index is 12.4. The molecule has 0 fully saturated rings. The minimum absolute atomic E-state index is 0.386. The lowest BCUT2D eigenvalue weighted by Crippen LogP contribution is -2.20. The molecule has 5 heteroatoms. The van der Waals surface area contributed by atoms with Gasteiger partial charge in [0.25, 0.3) is 0 Å². The Balaban J connectivity index is 2.15. The number of methoxy groups -OCH3 is 1. The zero-order chi connectivity index (χ0) is 20.1. The van der Waals surface area contributed by atoms with Gasteiger partial charge in [0.1, 0.15) is 11.3 Å². The number of ether oxygens (including phenoxy) is 2. The molecule has 0 saturated heterocycles. The number of esters is 1. The molecule has 0 aliphatic heterocycles. The van der Waals surface area contributed by atoms with Crippen molar-refractivity contribution in [2.24, 2.45) is 0 Å². The summed E-state index contributed by atoms with van der Waals surface area (Å²) in [4.78, 5) is 24.4. The first-order valence-electron chi connectivity index (χ1n) is 9.40. The Hall–Kier alpha value is -3.08. The number of hydrogen-bond donors (Lipinski definition) is 0. The molecule has 1 unspecified atom stereocenters. The molecule has 0 saturated carbocycles. The first-order chi connectivity index (χ1) is 13.5. The fourth-order valence-corrected chi connectivity index (χ4v) is 3.24. The zero-order valence-corrected chi connectivity index (χ0v) is 16.4. The van der Waals surface area contributed by atoms with E-state index in [0.29, 0.717) is 16.9 Å². The monoisotopic (exact) mass is 380 g/mol. The largest absolute Gasteiger partial charge is 0.473 e. The number of carbonyl (C=O) groups is 1. The molecular weight excluding hydrogens is 356 g/mol. The normalized spacial score (nSPS) is 12.0. The third kappa shape index (κ3) is 4.25. The standard InChI is InChI=1S/C23H24O5/c1-4-5-9-17-14-20(24)27-18-12-15(2)13-19(21(17)18)28-22(23(25)26-3)16-10-7-6-8-11-16/h6-8,10-14,22H,4-5,9H2,1-3H3. The van der Waals surface area contributed by atoms with Gasteiger partial charge in [-0.2, -0.15) is 0 Å². The first kappa shape index (κ1) is 19.7. The van der Waals surface area contributed by atoms with E-state index in [2.05, 4.69) is 6.92 Å². The van der Waals surface area contributed by atoms with Crippen molar-refractivity contribution in [3.05, 3.63) is 75.6 Å². The van der Waals surface area contributed by atoms with Crippen molar-refractivity contribution in [3.63, 3.8) is 0 Å². The van der Waals surface area contributed by atoms with Crippen LogP contribution in [0.4, 0.5) is 0 Å². The zero-order valence-electron chi connectivity index (χ0n) is 16.4. The van der Waals surface area contributed by atoms with Crippen LogP contribution in [-0.2, 0) is 16.0 Å². The van der Waals surface area contributed by atoms with E-state index in [4.69, 9.17) is 13.9 Å². The lowest BCUT2D eigenvalue weighted by atomic mass is 10.0. The molecule has 28 heavy (non-hydrogen) atoms. The van der Waals surface area contributed by atoms with E-state index in [1.54, 1.807) is 0 Å². The number of fused-ring (bicyclic) bond motifs is 1. The van der Waals surface area contributed by atoms with Gasteiger partial charge in [0.05, 0.1) is 12.5 Å². The van der Waals surface area contributed by atoms with E-state index in [1.165, 1.54) is 13.2 Å². The van der Waals surface area contributed by atoms with E-state index >= 15 is 0 Å². The lowest BCUT2D eigenvalue weighted by Gasteiger charge is -2.20. The minimum atomic E-state index is -0.915. The summed E-state index contributed by atoms with van der Waals surface area (Å²) >= 11 is 0. The maximum Gasteiger partial charge on any atom is 0.351 e. The summed E-state index contributed by atoms with van der Waals surface area (Å²) < 4.78 is 16.6. The quantitative estimate of drug-likeness (QED) is 0.438. The van der Waals surface area contributed by atoms with Crippen LogP contribution in [-0.4, -0.2) is 13.1 Å². The Bertz CT molecular complexity index is 1020. The van der Waals surface area contributed by atoms with Crippen LogP contribution in [0.2, 0.25) is 0 Å². The summed E-state index contributed by atoms with van der Waals surface area (Å²) in [5.74, 6) is 0.0115. The fourth-order valence-electron chi connectivity index (χ4n) is 3.24. The Labute approximate surface area is 163 Å². The highest BCUT2D eigenvalue weighted by atomic mass is 16.6. The number of benzene rings is 2. The van der Waals surface area contributed by atoms with Gasteiger partial charge in [0.15, 0.2) is 0 Å². The predicted molar refractivity (Wildman–Crippen MR) is 108 cm³/mol. The van der Waals surface area contributed by atoms with Crippen LogP contribution < -0.4 is 10.4 Å². The summed E-state index contributed by atoms with van der Waals surface area (Å²) in [6.45, 7) is 3.98. The van der Waals surface area contributed by atoms with Gasteiger partial charge < -0.3 is 13.9 Å². The van der Waals surface area contributed by atoms with E-state index in [0.717, 1.165) is 35.8 Å². The van der Waals surface area contributed by atoms with Gasteiger partial charge in [-0.15, -0.1) is 0 Å². The second kappa shape index (κ2) is 8.74. The molecule has 0 N–H and O–H groups in total. The van der Waals surface area contributed by atoms with Crippen LogP contribution in [0.25, 0.3) is 11.0 Å². The number of rotatable bonds is 7. The number of unbranched alkanes of at least 4 members (excludes halogenated alkanes) is 1. The molecule has 146 valence electrons.